The molecule has 1 heterocycles. The lowest BCUT2D eigenvalue weighted by atomic mass is 9.96. The van der Waals surface area contributed by atoms with Crippen molar-refractivity contribution in [2.24, 2.45) is 0 Å². The van der Waals surface area contributed by atoms with Crippen LogP contribution < -0.4 is 5.73 Å². The highest BCUT2D eigenvalue weighted by molar-refractivity contribution is 5.49. The maximum absolute atomic E-state index is 10.4. The van der Waals surface area contributed by atoms with Gasteiger partial charge in [-0.05, 0) is 23.6 Å². The van der Waals surface area contributed by atoms with Crippen LogP contribution >= 0.6 is 0 Å². The minimum absolute atomic E-state index is 0.568. The number of nitrogens with two attached hydrogens (primary N) is 1. The Bertz CT molecular complexity index is 511. The van der Waals surface area contributed by atoms with Crippen molar-refractivity contribution in [3.05, 3.63) is 59.4 Å². The first kappa shape index (κ1) is 11.6. The Morgan fingerprint density at radius 3 is 2.71 bits per heavy atom. The zero-order valence-electron chi connectivity index (χ0n) is 9.80. The summed E-state index contributed by atoms with van der Waals surface area (Å²) in [6, 6.07) is 9.54. The van der Waals surface area contributed by atoms with Crippen molar-refractivity contribution in [2.45, 2.75) is 19.4 Å². The van der Waals surface area contributed by atoms with Gasteiger partial charge >= 0.3 is 0 Å². The fraction of sp³-hybridized carbons (Fsp3) is 0.214. The largest absolute Gasteiger partial charge is 0.398 e. The maximum Gasteiger partial charge on any atom is 0.108 e. The summed E-state index contributed by atoms with van der Waals surface area (Å²) >= 11 is 0. The van der Waals surface area contributed by atoms with Gasteiger partial charge in [0.1, 0.15) is 6.10 Å². The summed E-state index contributed by atoms with van der Waals surface area (Å²) in [5.74, 6) is 0. The summed E-state index contributed by atoms with van der Waals surface area (Å²) in [6.45, 7) is 2.07. The number of aromatic nitrogens is 1. The first-order valence-corrected chi connectivity index (χ1v) is 5.69. The Balaban J connectivity index is 2.44. The van der Waals surface area contributed by atoms with Crippen molar-refractivity contribution < 1.29 is 5.11 Å². The fourth-order valence-electron chi connectivity index (χ4n) is 1.94. The zero-order chi connectivity index (χ0) is 12.3. The van der Waals surface area contributed by atoms with Gasteiger partial charge in [0, 0.05) is 23.6 Å². The van der Waals surface area contributed by atoms with Crippen LogP contribution in [0.25, 0.3) is 0 Å². The van der Waals surface area contributed by atoms with Crippen molar-refractivity contribution >= 4 is 5.69 Å². The van der Waals surface area contributed by atoms with Gasteiger partial charge in [-0.2, -0.15) is 0 Å². The summed E-state index contributed by atoms with van der Waals surface area (Å²) in [4.78, 5) is 4.01. The van der Waals surface area contributed by atoms with Gasteiger partial charge in [-0.25, -0.2) is 0 Å². The number of aliphatic hydroxyl groups excluding tert-OH is 1. The van der Waals surface area contributed by atoms with Crippen molar-refractivity contribution in [1.29, 1.82) is 0 Å². The molecule has 2 aromatic rings. The summed E-state index contributed by atoms with van der Waals surface area (Å²) in [5.41, 5.74) is 9.10. The molecule has 0 radical (unpaired) electrons. The fourth-order valence-corrected chi connectivity index (χ4v) is 1.94. The van der Waals surface area contributed by atoms with E-state index in [4.69, 9.17) is 5.73 Å². The molecule has 3 nitrogen and oxygen atoms in total. The monoisotopic (exact) mass is 228 g/mol. The second-order valence-corrected chi connectivity index (χ2v) is 3.96. The van der Waals surface area contributed by atoms with E-state index >= 15 is 0 Å². The van der Waals surface area contributed by atoms with Crippen molar-refractivity contribution in [3.8, 4) is 0 Å². The van der Waals surface area contributed by atoms with Gasteiger partial charge in [-0.15, -0.1) is 0 Å². The van der Waals surface area contributed by atoms with Crippen LogP contribution in [0.2, 0.25) is 0 Å². The smallest absolute Gasteiger partial charge is 0.108 e. The molecular weight excluding hydrogens is 212 g/mol. The van der Waals surface area contributed by atoms with E-state index in [1.165, 1.54) is 0 Å². The van der Waals surface area contributed by atoms with Gasteiger partial charge in [-0.1, -0.05) is 31.2 Å². The van der Waals surface area contributed by atoms with Crippen molar-refractivity contribution in [2.75, 3.05) is 5.73 Å². The molecule has 0 spiro atoms. The van der Waals surface area contributed by atoms with Crippen molar-refractivity contribution in [1.82, 2.24) is 4.98 Å². The molecule has 2 rings (SSSR count). The molecule has 0 amide bonds. The van der Waals surface area contributed by atoms with Crippen LogP contribution in [0.15, 0.2) is 42.7 Å². The van der Waals surface area contributed by atoms with E-state index in [2.05, 4.69) is 11.9 Å². The summed E-state index contributed by atoms with van der Waals surface area (Å²) in [5, 5.41) is 10.4. The molecule has 1 aromatic carbocycles. The summed E-state index contributed by atoms with van der Waals surface area (Å²) in [6.07, 6.45) is 3.41. The lowest BCUT2D eigenvalue weighted by Gasteiger charge is -2.16. The molecule has 0 aliphatic rings. The van der Waals surface area contributed by atoms with E-state index in [0.29, 0.717) is 11.3 Å². The second kappa shape index (κ2) is 4.97. The van der Waals surface area contributed by atoms with Crippen LogP contribution in [0.1, 0.15) is 29.7 Å². The average molecular weight is 228 g/mol. The molecule has 0 saturated heterocycles. The maximum atomic E-state index is 10.4. The number of hydrogen-bond acceptors (Lipinski definition) is 3. The second-order valence-electron chi connectivity index (χ2n) is 3.96. The molecule has 0 aliphatic heterocycles. The van der Waals surface area contributed by atoms with E-state index in [1.807, 2.05) is 24.3 Å². The van der Waals surface area contributed by atoms with Gasteiger partial charge in [0.15, 0.2) is 0 Å². The van der Waals surface area contributed by atoms with Gasteiger partial charge in [0.25, 0.3) is 0 Å². The summed E-state index contributed by atoms with van der Waals surface area (Å²) in [7, 11) is 0. The highest BCUT2D eigenvalue weighted by Gasteiger charge is 2.15. The first-order valence-electron chi connectivity index (χ1n) is 5.69. The molecule has 0 bridgehead atoms. The number of rotatable bonds is 3. The normalized spacial score (nSPS) is 12.4. The summed E-state index contributed by atoms with van der Waals surface area (Å²) < 4.78 is 0. The molecule has 0 saturated carbocycles. The third kappa shape index (κ3) is 2.29. The molecule has 1 aromatic heterocycles. The van der Waals surface area contributed by atoms with Gasteiger partial charge in [0.05, 0.1) is 0 Å². The van der Waals surface area contributed by atoms with Crippen LogP contribution in [0, 0.1) is 0 Å². The number of aryl methyl sites for hydroxylation is 1. The minimum Gasteiger partial charge on any atom is -0.398 e. The Kier molecular flexibility index (Phi) is 3.40. The Labute approximate surface area is 101 Å². The predicted octanol–water partition coefficient (Wildman–Crippen LogP) is 2.31. The Morgan fingerprint density at radius 1 is 1.24 bits per heavy atom. The van der Waals surface area contributed by atoms with Crippen LogP contribution in [-0.4, -0.2) is 10.1 Å². The number of pyridine rings is 1. The highest BCUT2D eigenvalue weighted by Crippen LogP contribution is 2.28. The third-order valence-corrected chi connectivity index (χ3v) is 2.91. The Morgan fingerprint density at radius 2 is 2.00 bits per heavy atom. The topological polar surface area (TPSA) is 59.1 Å². The van der Waals surface area contributed by atoms with E-state index < -0.39 is 6.10 Å². The highest BCUT2D eigenvalue weighted by atomic mass is 16.3. The number of benzene rings is 1. The number of nitrogens with zero attached hydrogens (tertiary/aromatic N) is 1. The molecule has 3 heteroatoms. The van der Waals surface area contributed by atoms with Crippen LogP contribution in [0.5, 0.6) is 0 Å². The predicted molar refractivity (Wildman–Crippen MR) is 68.5 cm³/mol. The molecule has 0 aliphatic carbocycles. The molecule has 1 unspecified atom stereocenters. The number of nitrogen functional groups attached to an aromatic ring is 1. The van der Waals surface area contributed by atoms with Crippen LogP contribution in [0.3, 0.4) is 0 Å². The van der Waals surface area contributed by atoms with E-state index in [-0.39, 0.29) is 0 Å². The lowest BCUT2D eigenvalue weighted by molar-refractivity contribution is 0.219. The van der Waals surface area contributed by atoms with E-state index in [0.717, 1.165) is 17.5 Å². The molecule has 17 heavy (non-hydrogen) atoms. The van der Waals surface area contributed by atoms with E-state index in [1.54, 1.807) is 18.5 Å². The standard InChI is InChI=1S/C14H16N2O/c1-2-10-5-3-4-6-11(10)14(17)12-9-16-8-7-13(12)15/h3-9,14,17H,2H2,1H3,(H2,15,16). The molecule has 88 valence electrons. The third-order valence-electron chi connectivity index (χ3n) is 2.91. The molecule has 3 N–H and O–H groups in total. The van der Waals surface area contributed by atoms with Gasteiger partial charge in [0.2, 0.25) is 0 Å². The molecule has 1 atom stereocenters. The van der Waals surface area contributed by atoms with Gasteiger partial charge < -0.3 is 10.8 Å². The molecule has 0 fully saturated rings. The SMILES string of the molecule is CCc1ccccc1C(O)c1cnccc1N. The Hall–Kier alpha value is -1.87. The van der Waals surface area contributed by atoms with Crippen LogP contribution in [0.4, 0.5) is 5.69 Å². The first-order chi connectivity index (χ1) is 8.24. The van der Waals surface area contributed by atoms with E-state index in [9.17, 15) is 5.11 Å². The van der Waals surface area contributed by atoms with Gasteiger partial charge in [-0.3, -0.25) is 4.98 Å². The minimum atomic E-state index is -0.708. The average Bonchev–Trinajstić information content (AvgIpc) is 2.38. The number of anilines is 1. The number of aliphatic hydroxyl groups is 1. The van der Waals surface area contributed by atoms with Crippen molar-refractivity contribution in [3.63, 3.8) is 0 Å². The number of hydrogen-bond donors (Lipinski definition) is 2. The van der Waals surface area contributed by atoms with Crippen LogP contribution in [-0.2, 0) is 6.42 Å². The lowest BCUT2D eigenvalue weighted by Crippen LogP contribution is -2.06. The zero-order valence-corrected chi connectivity index (χ0v) is 9.80. The quantitative estimate of drug-likeness (QED) is 0.847. The molecular formula is C14H16N2O.